The predicted molar refractivity (Wildman–Crippen MR) is 122 cm³/mol. The van der Waals surface area contributed by atoms with Crippen molar-refractivity contribution in [3.05, 3.63) is 29.8 Å². The first kappa shape index (κ1) is 22.0. The summed E-state index contributed by atoms with van der Waals surface area (Å²) in [5, 5.41) is 16.1. The normalized spacial score (nSPS) is 16.9. The van der Waals surface area contributed by atoms with E-state index >= 15 is 0 Å². The van der Waals surface area contributed by atoms with Crippen LogP contribution in [-0.2, 0) is 9.59 Å². The minimum Gasteiger partial charge on any atom is -0.478 e. The quantitative estimate of drug-likeness (QED) is 0.604. The zero-order valence-corrected chi connectivity index (χ0v) is 18.4. The van der Waals surface area contributed by atoms with Crippen LogP contribution in [0.15, 0.2) is 24.3 Å². The van der Waals surface area contributed by atoms with Crippen LogP contribution in [0.2, 0.25) is 0 Å². The van der Waals surface area contributed by atoms with Gasteiger partial charge in [-0.3, -0.25) is 14.5 Å². The number of rotatable bonds is 7. The number of fused-ring (bicyclic) bond motifs is 1. The topological polar surface area (TPSA) is 115 Å². The molecule has 0 unspecified atom stereocenters. The smallest absolute Gasteiger partial charge is 0.336 e. The third kappa shape index (κ3) is 5.16. The molecule has 2 fully saturated rings. The van der Waals surface area contributed by atoms with Gasteiger partial charge in [-0.15, -0.1) is 0 Å². The number of carbonyl (C=O) groups is 3. The molecular formula is C23H29N5O4. The predicted octanol–water partition coefficient (Wildman–Crippen LogP) is 1.93. The van der Waals surface area contributed by atoms with Gasteiger partial charge < -0.3 is 20.6 Å². The maximum absolute atomic E-state index is 12.1. The minimum absolute atomic E-state index is 0.00928. The summed E-state index contributed by atoms with van der Waals surface area (Å²) in [5.41, 5.74) is 1.31. The van der Waals surface area contributed by atoms with Gasteiger partial charge in [-0.2, -0.15) is 0 Å². The van der Waals surface area contributed by atoms with E-state index in [1.165, 1.54) is 0 Å². The van der Waals surface area contributed by atoms with Crippen molar-refractivity contribution in [3.8, 4) is 0 Å². The summed E-state index contributed by atoms with van der Waals surface area (Å²) in [6.07, 6.45) is 1.81. The number of carboxylic acid groups (broad SMARTS) is 1. The van der Waals surface area contributed by atoms with Gasteiger partial charge in [-0.1, -0.05) is 0 Å². The molecule has 2 amide bonds. The Labute approximate surface area is 186 Å². The molecule has 3 N–H and O–H groups in total. The van der Waals surface area contributed by atoms with E-state index in [0.29, 0.717) is 55.1 Å². The number of aromatic carboxylic acids is 1. The van der Waals surface area contributed by atoms with Gasteiger partial charge in [0.15, 0.2) is 0 Å². The van der Waals surface area contributed by atoms with Gasteiger partial charge in [0, 0.05) is 49.2 Å². The molecule has 0 radical (unpaired) electrons. The number of nitrogens with one attached hydrogen (secondary N) is 2. The Kier molecular flexibility index (Phi) is 6.27. The molecule has 32 heavy (non-hydrogen) atoms. The summed E-state index contributed by atoms with van der Waals surface area (Å²) < 4.78 is 0. The third-order valence-corrected chi connectivity index (χ3v) is 5.75. The van der Waals surface area contributed by atoms with Crippen LogP contribution in [0, 0.1) is 5.92 Å². The Bertz CT molecular complexity index is 1040. The number of amides is 2. The van der Waals surface area contributed by atoms with Gasteiger partial charge in [0.2, 0.25) is 11.8 Å². The van der Waals surface area contributed by atoms with Crippen molar-refractivity contribution in [1.29, 1.82) is 0 Å². The number of carbonyl (C=O) groups excluding carboxylic acids is 2. The van der Waals surface area contributed by atoms with Crippen LogP contribution in [0.4, 0.5) is 11.5 Å². The summed E-state index contributed by atoms with van der Waals surface area (Å²) in [5.74, 6) is -0.370. The minimum atomic E-state index is -1.03. The summed E-state index contributed by atoms with van der Waals surface area (Å²) in [7, 11) is 0. The summed E-state index contributed by atoms with van der Waals surface area (Å²) in [4.78, 5) is 44.9. The van der Waals surface area contributed by atoms with E-state index in [-0.39, 0.29) is 29.3 Å². The van der Waals surface area contributed by atoms with Crippen molar-refractivity contribution in [1.82, 2.24) is 15.2 Å². The average molecular weight is 440 g/mol. The zero-order valence-electron chi connectivity index (χ0n) is 18.4. The largest absolute Gasteiger partial charge is 0.478 e. The summed E-state index contributed by atoms with van der Waals surface area (Å²) in [6, 6.07) is 6.90. The number of hydrogen-bond donors (Lipinski definition) is 3. The van der Waals surface area contributed by atoms with Crippen molar-refractivity contribution in [2.75, 3.05) is 42.9 Å². The van der Waals surface area contributed by atoms with Gasteiger partial charge in [0.05, 0.1) is 17.6 Å². The van der Waals surface area contributed by atoms with Crippen molar-refractivity contribution in [3.63, 3.8) is 0 Å². The van der Waals surface area contributed by atoms with Crippen LogP contribution in [0.3, 0.4) is 0 Å². The second-order valence-corrected chi connectivity index (χ2v) is 8.81. The molecule has 170 valence electrons. The van der Waals surface area contributed by atoms with Gasteiger partial charge >= 0.3 is 5.97 Å². The highest BCUT2D eigenvalue weighted by molar-refractivity contribution is 6.05. The first-order valence-electron chi connectivity index (χ1n) is 11.1. The first-order valence-corrected chi connectivity index (χ1v) is 11.1. The lowest BCUT2D eigenvalue weighted by molar-refractivity contribution is -0.122. The molecule has 1 aromatic heterocycles. The molecule has 1 aliphatic carbocycles. The van der Waals surface area contributed by atoms with Crippen LogP contribution in [0.5, 0.6) is 0 Å². The Morgan fingerprint density at radius 1 is 1.12 bits per heavy atom. The Morgan fingerprint density at radius 2 is 1.84 bits per heavy atom. The third-order valence-electron chi connectivity index (χ3n) is 5.75. The molecule has 0 spiro atoms. The first-order chi connectivity index (χ1) is 15.3. The van der Waals surface area contributed by atoms with E-state index in [1.807, 2.05) is 18.7 Å². The molecule has 1 aliphatic heterocycles. The van der Waals surface area contributed by atoms with E-state index in [2.05, 4.69) is 20.5 Å². The fraction of sp³-hybridized carbons (Fsp3) is 0.478. The Balaban J connectivity index is 1.49. The maximum Gasteiger partial charge on any atom is 0.336 e. The van der Waals surface area contributed by atoms with Crippen LogP contribution < -0.4 is 15.5 Å². The number of aromatic nitrogens is 1. The molecule has 4 rings (SSSR count). The molecule has 2 aromatic rings. The lowest BCUT2D eigenvalue weighted by Gasteiger charge is -2.35. The fourth-order valence-electron chi connectivity index (χ4n) is 3.92. The number of hydrogen-bond acceptors (Lipinski definition) is 6. The second-order valence-electron chi connectivity index (χ2n) is 8.81. The number of piperazine rings is 1. The maximum atomic E-state index is 12.1. The van der Waals surface area contributed by atoms with Crippen LogP contribution in [0.25, 0.3) is 10.9 Å². The molecule has 9 heteroatoms. The highest BCUT2D eigenvalue weighted by Gasteiger charge is 2.29. The molecule has 2 aliphatic rings. The van der Waals surface area contributed by atoms with Crippen LogP contribution in [0.1, 0.15) is 37.0 Å². The van der Waals surface area contributed by atoms with E-state index in [4.69, 9.17) is 0 Å². The van der Waals surface area contributed by atoms with Crippen LogP contribution >= 0.6 is 0 Å². The van der Waals surface area contributed by atoms with Crippen LogP contribution in [-0.4, -0.2) is 71.5 Å². The van der Waals surface area contributed by atoms with E-state index in [1.54, 1.807) is 24.3 Å². The highest BCUT2D eigenvalue weighted by Crippen LogP contribution is 2.31. The molecule has 1 saturated carbocycles. The number of carboxylic acids is 1. The van der Waals surface area contributed by atoms with Gasteiger partial charge in [0.25, 0.3) is 0 Å². The van der Waals surface area contributed by atoms with Gasteiger partial charge in [-0.05, 0) is 51.0 Å². The van der Waals surface area contributed by atoms with E-state index in [0.717, 1.165) is 12.8 Å². The average Bonchev–Trinajstić information content (AvgIpc) is 3.58. The standard InChI is InChI=1S/C23H29N5O4/c1-14(2)24-21(29)13-27-7-9-28(10-8-27)20-12-18(23(31)32)17-11-16(5-6-19(17)26-20)25-22(30)15-3-4-15/h5-6,11-12,14-15H,3-4,7-10,13H2,1-2H3,(H,24,29)(H,25,30)(H,31,32). The molecule has 1 saturated heterocycles. The van der Waals surface area contributed by atoms with Crippen molar-refractivity contribution < 1.29 is 19.5 Å². The van der Waals surface area contributed by atoms with E-state index in [9.17, 15) is 19.5 Å². The molecule has 1 aromatic carbocycles. The fourth-order valence-corrected chi connectivity index (χ4v) is 3.92. The molecule has 0 bridgehead atoms. The Morgan fingerprint density at radius 3 is 2.47 bits per heavy atom. The number of benzene rings is 1. The molecule has 0 atom stereocenters. The lowest BCUT2D eigenvalue weighted by Crippen LogP contribution is -2.50. The lowest BCUT2D eigenvalue weighted by atomic mass is 10.1. The number of anilines is 2. The highest BCUT2D eigenvalue weighted by atomic mass is 16.4. The second kappa shape index (κ2) is 9.12. The van der Waals surface area contributed by atoms with Crippen molar-refractivity contribution in [2.24, 2.45) is 5.92 Å². The SMILES string of the molecule is CC(C)NC(=O)CN1CCN(c2cc(C(=O)O)c3cc(NC(=O)C4CC4)ccc3n2)CC1. The van der Waals surface area contributed by atoms with Gasteiger partial charge in [0.1, 0.15) is 5.82 Å². The van der Waals surface area contributed by atoms with E-state index < -0.39 is 5.97 Å². The number of nitrogens with zero attached hydrogens (tertiary/aromatic N) is 3. The summed E-state index contributed by atoms with van der Waals surface area (Å²) >= 11 is 0. The van der Waals surface area contributed by atoms with Gasteiger partial charge in [-0.25, -0.2) is 9.78 Å². The monoisotopic (exact) mass is 439 g/mol. The summed E-state index contributed by atoms with van der Waals surface area (Å²) in [6.45, 7) is 6.92. The number of pyridine rings is 1. The molecular weight excluding hydrogens is 410 g/mol. The van der Waals surface area contributed by atoms with Crippen molar-refractivity contribution in [2.45, 2.75) is 32.7 Å². The molecule has 2 heterocycles. The van der Waals surface area contributed by atoms with Crippen molar-refractivity contribution >= 4 is 40.2 Å². The zero-order chi connectivity index (χ0) is 22.8. The Hall–Kier alpha value is -3.20. The molecule has 9 nitrogen and oxygen atoms in total.